The van der Waals surface area contributed by atoms with Crippen LogP contribution in [0.5, 0.6) is 0 Å². The van der Waals surface area contributed by atoms with Crippen molar-refractivity contribution in [1.29, 1.82) is 0 Å². The molecule has 0 spiro atoms. The van der Waals surface area contributed by atoms with Crippen molar-refractivity contribution >= 4 is 17.5 Å². The van der Waals surface area contributed by atoms with E-state index in [9.17, 15) is 14.0 Å². The summed E-state index contributed by atoms with van der Waals surface area (Å²) in [6, 6.07) is 11.0. The highest BCUT2D eigenvalue weighted by molar-refractivity contribution is 6.34. The van der Waals surface area contributed by atoms with E-state index in [4.69, 9.17) is 0 Å². The average Bonchev–Trinajstić information content (AvgIpc) is 2.64. The van der Waals surface area contributed by atoms with Gasteiger partial charge < -0.3 is 0 Å². The summed E-state index contributed by atoms with van der Waals surface area (Å²) < 4.78 is 13.9. The second-order valence-electron chi connectivity index (χ2n) is 4.40. The van der Waals surface area contributed by atoms with Crippen LogP contribution in [0.3, 0.4) is 0 Å². The van der Waals surface area contributed by atoms with Crippen LogP contribution in [0.2, 0.25) is 0 Å². The van der Waals surface area contributed by atoms with Crippen molar-refractivity contribution in [3.05, 3.63) is 65.0 Å². The van der Waals surface area contributed by atoms with E-state index < -0.39 is 17.6 Å². The Balaban J connectivity index is 2.20. The molecule has 4 heteroatoms. The van der Waals surface area contributed by atoms with Gasteiger partial charge in [-0.3, -0.25) is 9.59 Å². The number of amides is 2. The smallest absolute Gasteiger partial charge is 0.266 e. The highest BCUT2D eigenvalue weighted by Crippen LogP contribution is 2.32. The molecular weight excluding hydrogens is 245 g/mol. The molecule has 1 aliphatic heterocycles. The quantitative estimate of drug-likeness (QED) is 0.735. The molecule has 2 aromatic carbocycles. The summed E-state index contributed by atoms with van der Waals surface area (Å²) in [7, 11) is 0. The number of aryl methyl sites for hydroxylation is 1. The van der Waals surface area contributed by atoms with E-state index in [0.29, 0.717) is 16.7 Å². The van der Waals surface area contributed by atoms with E-state index in [1.807, 2.05) is 0 Å². The Kier molecular flexibility index (Phi) is 2.45. The molecule has 0 atom stereocenters. The summed E-state index contributed by atoms with van der Waals surface area (Å²) in [5, 5.41) is 0. The van der Waals surface area contributed by atoms with Gasteiger partial charge in [0, 0.05) is 0 Å². The number of anilines is 1. The standard InChI is InChI=1S/C15H10FNO2/c1-9-5-4-8-12(16)13(9)17-14(18)10-6-2-3-7-11(10)15(17)19/h2-8H,1H3. The molecule has 0 saturated carbocycles. The van der Waals surface area contributed by atoms with Gasteiger partial charge in [-0.15, -0.1) is 0 Å². The summed E-state index contributed by atoms with van der Waals surface area (Å²) in [5.74, 6) is -1.53. The summed E-state index contributed by atoms with van der Waals surface area (Å²) in [4.78, 5) is 25.4. The molecule has 0 N–H and O–H groups in total. The number of imide groups is 1. The molecule has 0 aliphatic carbocycles. The van der Waals surface area contributed by atoms with Crippen molar-refractivity contribution in [2.24, 2.45) is 0 Å². The molecule has 3 nitrogen and oxygen atoms in total. The van der Waals surface area contributed by atoms with Crippen molar-refractivity contribution in [2.45, 2.75) is 6.92 Å². The van der Waals surface area contributed by atoms with Gasteiger partial charge in [0.2, 0.25) is 0 Å². The summed E-state index contributed by atoms with van der Waals surface area (Å²) in [5.41, 5.74) is 1.22. The number of carbonyl (C=O) groups is 2. The monoisotopic (exact) mass is 255 g/mol. The molecule has 0 fully saturated rings. The molecule has 2 amide bonds. The zero-order chi connectivity index (χ0) is 13.6. The molecule has 3 rings (SSSR count). The van der Waals surface area contributed by atoms with Crippen molar-refractivity contribution < 1.29 is 14.0 Å². The Morgan fingerprint density at radius 1 is 0.895 bits per heavy atom. The van der Waals surface area contributed by atoms with E-state index in [2.05, 4.69) is 0 Å². The highest BCUT2D eigenvalue weighted by atomic mass is 19.1. The predicted molar refractivity (Wildman–Crippen MR) is 68.7 cm³/mol. The summed E-state index contributed by atoms with van der Waals surface area (Å²) >= 11 is 0. The van der Waals surface area contributed by atoms with Crippen LogP contribution in [0.25, 0.3) is 0 Å². The van der Waals surface area contributed by atoms with E-state index in [1.54, 1.807) is 43.3 Å². The minimum atomic E-state index is -0.575. The maximum absolute atomic E-state index is 13.9. The van der Waals surface area contributed by atoms with E-state index >= 15 is 0 Å². The summed E-state index contributed by atoms with van der Waals surface area (Å²) in [6.07, 6.45) is 0. The molecular formula is C15H10FNO2. The molecule has 0 unspecified atom stereocenters. The maximum Gasteiger partial charge on any atom is 0.266 e. The first-order valence-electron chi connectivity index (χ1n) is 5.84. The topological polar surface area (TPSA) is 37.4 Å². The van der Waals surface area contributed by atoms with Gasteiger partial charge in [-0.25, -0.2) is 9.29 Å². The number of para-hydroxylation sites is 1. The number of fused-ring (bicyclic) bond motifs is 1. The first-order chi connectivity index (χ1) is 9.11. The number of hydrogen-bond acceptors (Lipinski definition) is 2. The second-order valence-corrected chi connectivity index (χ2v) is 4.40. The number of halogens is 1. The van der Waals surface area contributed by atoms with Crippen LogP contribution in [0.4, 0.5) is 10.1 Å². The number of nitrogens with zero attached hydrogens (tertiary/aromatic N) is 1. The van der Waals surface area contributed by atoms with Gasteiger partial charge in [0.1, 0.15) is 5.82 Å². The van der Waals surface area contributed by atoms with Crippen LogP contribution in [-0.4, -0.2) is 11.8 Å². The lowest BCUT2D eigenvalue weighted by molar-refractivity contribution is 0.0924. The fourth-order valence-corrected chi connectivity index (χ4v) is 2.30. The van der Waals surface area contributed by atoms with E-state index in [1.165, 1.54) is 6.07 Å². The molecule has 1 heterocycles. The Labute approximate surface area is 109 Å². The van der Waals surface area contributed by atoms with Crippen molar-refractivity contribution in [2.75, 3.05) is 4.90 Å². The third-order valence-corrected chi connectivity index (χ3v) is 3.21. The number of hydrogen-bond donors (Lipinski definition) is 0. The van der Waals surface area contributed by atoms with Gasteiger partial charge in [0.05, 0.1) is 16.8 Å². The lowest BCUT2D eigenvalue weighted by Crippen LogP contribution is -2.30. The number of benzene rings is 2. The first kappa shape index (κ1) is 11.6. The molecule has 19 heavy (non-hydrogen) atoms. The highest BCUT2D eigenvalue weighted by Gasteiger charge is 2.38. The lowest BCUT2D eigenvalue weighted by atomic mass is 10.1. The zero-order valence-electron chi connectivity index (χ0n) is 10.2. The van der Waals surface area contributed by atoms with Gasteiger partial charge in [-0.1, -0.05) is 24.3 Å². The Morgan fingerprint density at radius 3 is 2.00 bits per heavy atom. The lowest BCUT2D eigenvalue weighted by Gasteiger charge is -2.17. The summed E-state index contributed by atoms with van der Waals surface area (Å²) in [6.45, 7) is 1.67. The van der Waals surface area contributed by atoms with Gasteiger partial charge in [-0.05, 0) is 30.7 Å². The number of rotatable bonds is 1. The fraction of sp³-hybridized carbons (Fsp3) is 0.0667. The molecule has 2 aromatic rings. The third kappa shape index (κ3) is 1.57. The Hall–Kier alpha value is -2.49. The third-order valence-electron chi connectivity index (χ3n) is 3.21. The number of carbonyl (C=O) groups excluding carboxylic acids is 2. The molecule has 0 bridgehead atoms. The maximum atomic E-state index is 13.9. The molecule has 1 aliphatic rings. The van der Waals surface area contributed by atoms with Gasteiger partial charge in [-0.2, -0.15) is 0 Å². The van der Waals surface area contributed by atoms with Gasteiger partial charge in [0.25, 0.3) is 11.8 Å². The van der Waals surface area contributed by atoms with Crippen LogP contribution in [0, 0.1) is 12.7 Å². The van der Waals surface area contributed by atoms with Gasteiger partial charge >= 0.3 is 0 Å². The van der Waals surface area contributed by atoms with Crippen LogP contribution in [0.1, 0.15) is 26.3 Å². The van der Waals surface area contributed by atoms with Crippen molar-refractivity contribution in [3.8, 4) is 0 Å². The minimum Gasteiger partial charge on any atom is -0.268 e. The van der Waals surface area contributed by atoms with Gasteiger partial charge in [0.15, 0.2) is 0 Å². The Morgan fingerprint density at radius 2 is 1.47 bits per heavy atom. The Bertz CT molecular complexity index is 654. The molecule has 94 valence electrons. The normalized spacial score (nSPS) is 13.9. The second kappa shape index (κ2) is 4.02. The van der Waals surface area contributed by atoms with Crippen LogP contribution in [-0.2, 0) is 0 Å². The minimum absolute atomic E-state index is 0.0358. The molecule has 0 aromatic heterocycles. The van der Waals surface area contributed by atoms with Crippen molar-refractivity contribution in [1.82, 2.24) is 0 Å². The van der Waals surface area contributed by atoms with Crippen molar-refractivity contribution in [3.63, 3.8) is 0 Å². The fourth-order valence-electron chi connectivity index (χ4n) is 2.30. The van der Waals surface area contributed by atoms with Crippen LogP contribution < -0.4 is 4.90 Å². The van der Waals surface area contributed by atoms with E-state index in [0.717, 1.165) is 4.90 Å². The predicted octanol–water partition coefficient (Wildman–Crippen LogP) is 2.93. The SMILES string of the molecule is Cc1cccc(F)c1N1C(=O)c2ccccc2C1=O. The van der Waals surface area contributed by atoms with Crippen LogP contribution >= 0.6 is 0 Å². The van der Waals surface area contributed by atoms with Crippen LogP contribution in [0.15, 0.2) is 42.5 Å². The largest absolute Gasteiger partial charge is 0.268 e. The molecule has 0 radical (unpaired) electrons. The zero-order valence-corrected chi connectivity index (χ0v) is 10.2. The first-order valence-corrected chi connectivity index (χ1v) is 5.84. The van der Waals surface area contributed by atoms with E-state index in [-0.39, 0.29) is 5.69 Å². The molecule has 0 saturated heterocycles. The average molecular weight is 255 g/mol.